The molecule has 1 heterocycles. The van der Waals surface area contributed by atoms with Crippen molar-refractivity contribution in [3.05, 3.63) is 69.5 Å². The second-order valence-corrected chi connectivity index (χ2v) is 4.56. The van der Waals surface area contributed by atoms with Gasteiger partial charge in [-0.15, -0.1) is 0 Å². The Morgan fingerprint density at radius 2 is 1.87 bits per heavy atom. The first-order valence-electron chi connectivity index (χ1n) is 6.56. The number of benzene rings is 1. The molecule has 118 valence electrons. The highest BCUT2D eigenvalue weighted by molar-refractivity contribution is 5.98. The van der Waals surface area contributed by atoms with Crippen molar-refractivity contribution in [2.75, 3.05) is 7.11 Å². The van der Waals surface area contributed by atoms with Crippen molar-refractivity contribution < 1.29 is 19.2 Å². The summed E-state index contributed by atoms with van der Waals surface area (Å²) in [5.41, 5.74) is 0.415. The molecular formula is C15H13N3O5. The summed E-state index contributed by atoms with van der Waals surface area (Å²) in [5, 5.41) is 13.6. The van der Waals surface area contributed by atoms with Crippen molar-refractivity contribution >= 4 is 17.6 Å². The fourth-order valence-electron chi connectivity index (χ4n) is 1.87. The van der Waals surface area contributed by atoms with Crippen LogP contribution >= 0.6 is 0 Å². The van der Waals surface area contributed by atoms with Crippen molar-refractivity contribution in [3.8, 4) is 0 Å². The SMILES string of the molecule is COC(=O)c1cc(C(=O)NCc2ccncc2)cc([N+](=O)[O-])c1. The van der Waals surface area contributed by atoms with E-state index in [1.54, 1.807) is 24.5 Å². The van der Waals surface area contributed by atoms with Crippen molar-refractivity contribution in [1.82, 2.24) is 10.3 Å². The summed E-state index contributed by atoms with van der Waals surface area (Å²) in [4.78, 5) is 37.8. The smallest absolute Gasteiger partial charge is 0.338 e. The van der Waals surface area contributed by atoms with E-state index >= 15 is 0 Å². The predicted molar refractivity (Wildman–Crippen MR) is 79.8 cm³/mol. The number of hydrogen-bond acceptors (Lipinski definition) is 6. The number of carbonyl (C=O) groups is 2. The number of aromatic nitrogens is 1. The van der Waals surface area contributed by atoms with Crippen LogP contribution in [0.15, 0.2) is 42.7 Å². The van der Waals surface area contributed by atoms with E-state index in [1.807, 2.05) is 0 Å². The molecule has 0 bridgehead atoms. The molecule has 0 spiro atoms. The van der Waals surface area contributed by atoms with Crippen LogP contribution in [0.1, 0.15) is 26.3 Å². The number of nitro groups is 1. The van der Waals surface area contributed by atoms with Gasteiger partial charge in [-0.3, -0.25) is 19.9 Å². The van der Waals surface area contributed by atoms with Gasteiger partial charge in [0, 0.05) is 36.6 Å². The highest BCUT2D eigenvalue weighted by Gasteiger charge is 2.18. The minimum Gasteiger partial charge on any atom is -0.465 e. The molecule has 0 saturated carbocycles. The van der Waals surface area contributed by atoms with E-state index in [9.17, 15) is 19.7 Å². The number of hydrogen-bond donors (Lipinski definition) is 1. The van der Waals surface area contributed by atoms with Gasteiger partial charge in [-0.25, -0.2) is 4.79 Å². The Balaban J connectivity index is 2.23. The minimum absolute atomic E-state index is 0.00801. The molecule has 1 N–H and O–H groups in total. The van der Waals surface area contributed by atoms with Gasteiger partial charge in [-0.2, -0.15) is 0 Å². The molecule has 0 radical (unpaired) electrons. The Labute approximate surface area is 131 Å². The zero-order valence-electron chi connectivity index (χ0n) is 12.2. The first-order chi connectivity index (χ1) is 11.0. The highest BCUT2D eigenvalue weighted by atomic mass is 16.6. The molecule has 23 heavy (non-hydrogen) atoms. The molecule has 1 aromatic heterocycles. The molecule has 0 aliphatic rings. The van der Waals surface area contributed by atoms with Crippen LogP contribution in [0.5, 0.6) is 0 Å². The minimum atomic E-state index is -0.753. The third-order valence-corrected chi connectivity index (χ3v) is 3.01. The van der Waals surface area contributed by atoms with E-state index in [-0.39, 0.29) is 23.4 Å². The first-order valence-corrected chi connectivity index (χ1v) is 6.56. The molecule has 0 unspecified atom stereocenters. The number of pyridine rings is 1. The Hall–Kier alpha value is -3.29. The van der Waals surface area contributed by atoms with Gasteiger partial charge in [0.2, 0.25) is 0 Å². The zero-order chi connectivity index (χ0) is 16.8. The van der Waals surface area contributed by atoms with E-state index in [0.717, 1.165) is 24.8 Å². The van der Waals surface area contributed by atoms with Crippen molar-refractivity contribution in [2.45, 2.75) is 6.54 Å². The Kier molecular flexibility index (Phi) is 4.98. The maximum Gasteiger partial charge on any atom is 0.338 e. The van der Waals surface area contributed by atoms with Crippen LogP contribution in [0, 0.1) is 10.1 Å². The summed E-state index contributed by atoms with van der Waals surface area (Å²) < 4.78 is 4.53. The lowest BCUT2D eigenvalue weighted by atomic mass is 10.1. The summed E-state index contributed by atoms with van der Waals surface area (Å²) in [5.74, 6) is -1.28. The Morgan fingerprint density at radius 3 is 2.48 bits per heavy atom. The van der Waals surface area contributed by atoms with Crippen LogP contribution in [0.2, 0.25) is 0 Å². The third kappa shape index (κ3) is 4.10. The number of nitrogens with zero attached hydrogens (tertiary/aromatic N) is 2. The lowest BCUT2D eigenvalue weighted by Crippen LogP contribution is -2.23. The van der Waals surface area contributed by atoms with E-state index in [0.29, 0.717) is 0 Å². The quantitative estimate of drug-likeness (QED) is 0.510. The normalized spacial score (nSPS) is 9.96. The molecular weight excluding hydrogens is 302 g/mol. The van der Waals surface area contributed by atoms with Crippen molar-refractivity contribution in [2.24, 2.45) is 0 Å². The first kappa shape index (κ1) is 16.1. The van der Waals surface area contributed by atoms with E-state index < -0.39 is 16.8 Å². The van der Waals surface area contributed by atoms with Gasteiger partial charge < -0.3 is 10.1 Å². The van der Waals surface area contributed by atoms with E-state index in [4.69, 9.17) is 0 Å². The lowest BCUT2D eigenvalue weighted by molar-refractivity contribution is -0.384. The zero-order valence-corrected chi connectivity index (χ0v) is 12.2. The van der Waals surface area contributed by atoms with Gasteiger partial charge in [-0.05, 0) is 23.8 Å². The molecule has 2 rings (SSSR count). The largest absolute Gasteiger partial charge is 0.465 e. The van der Waals surface area contributed by atoms with Crippen LogP contribution in [-0.4, -0.2) is 28.9 Å². The monoisotopic (exact) mass is 315 g/mol. The van der Waals surface area contributed by atoms with Crippen LogP contribution in [-0.2, 0) is 11.3 Å². The number of nitro benzene ring substituents is 1. The summed E-state index contributed by atoms with van der Waals surface area (Å²) >= 11 is 0. The number of esters is 1. The molecule has 0 atom stereocenters. The number of carbonyl (C=O) groups excluding carboxylic acids is 2. The van der Waals surface area contributed by atoms with Crippen LogP contribution < -0.4 is 5.32 Å². The molecule has 0 aliphatic carbocycles. The van der Waals surface area contributed by atoms with Gasteiger partial charge in [0.1, 0.15) is 0 Å². The average Bonchev–Trinajstić information content (AvgIpc) is 2.59. The number of ether oxygens (including phenoxy) is 1. The predicted octanol–water partition coefficient (Wildman–Crippen LogP) is 1.71. The molecule has 0 saturated heterocycles. The number of amides is 1. The van der Waals surface area contributed by atoms with Gasteiger partial charge in [0.25, 0.3) is 11.6 Å². The lowest BCUT2D eigenvalue weighted by Gasteiger charge is -2.07. The van der Waals surface area contributed by atoms with Crippen molar-refractivity contribution in [1.29, 1.82) is 0 Å². The summed E-state index contributed by atoms with van der Waals surface area (Å²) in [7, 11) is 1.16. The summed E-state index contributed by atoms with van der Waals surface area (Å²) in [6.45, 7) is 0.234. The molecule has 1 aromatic carbocycles. The number of rotatable bonds is 5. The van der Waals surface area contributed by atoms with Gasteiger partial charge in [-0.1, -0.05) is 0 Å². The maximum absolute atomic E-state index is 12.2. The molecule has 8 heteroatoms. The van der Waals surface area contributed by atoms with Crippen molar-refractivity contribution in [3.63, 3.8) is 0 Å². The second-order valence-electron chi connectivity index (χ2n) is 4.56. The average molecular weight is 315 g/mol. The summed E-state index contributed by atoms with van der Waals surface area (Å²) in [6, 6.07) is 6.88. The third-order valence-electron chi connectivity index (χ3n) is 3.01. The highest BCUT2D eigenvalue weighted by Crippen LogP contribution is 2.18. The van der Waals surface area contributed by atoms with Gasteiger partial charge >= 0.3 is 5.97 Å². The Morgan fingerprint density at radius 1 is 1.22 bits per heavy atom. The maximum atomic E-state index is 12.2. The van der Waals surface area contributed by atoms with E-state index in [2.05, 4.69) is 15.0 Å². The molecule has 0 fully saturated rings. The fourth-order valence-corrected chi connectivity index (χ4v) is 1.87. The fraction of sp³-hybridized carbons (Fsp3) is 0.133. The van der Waals surface area contributed by atoms with Gasteiger partial charge in [0.05, 0.1) is 17.6 Å². The van der Waals surface area contributed by atoms with Crippen LogP contribution in [0.3, 0.4) is 0 Å². The Bertz CT molecular complexity index is 746. The van der Waals surface area contributed by atoms with E-state index in [1.165, 1.54) is 6.07 Å². The number of nitrogens with one attached hydrogen (secondary N) is 1. The molecule has 1 amide bonds. The molecule has 8 nitrogen and oxygen atoms in total. The number of methoxy groups -OCH3 is 1. The standard InChI is InChI=1S/C15H13N3O5/c1-23-15(20)12-6-11(7-13(8-12)18(21)22)14(19)17-9-10-2-4-16-5-3-10/h2-8H,9H2,1H3,(H,17,19). The van der Waals surface area contributed by atoms with Crippen LogP contribution in [0.4, 0.5) is 5.69 Å². The molecule has 0 aliphatic heterocycles. The number of non-ortho nitro benzene ring substituents is 1. The second kappa shape index (κ2) is 7.12. The topological polar surface area (TPSA) is 111 Å². The summed E-state index contributed by atoms with van der Waals surface area (Å²) in [6.07, 6.45) is 3.18. The molecule has 2 aromatic rings. The van der Waals surface area contributed by atoms with Crippen LogP contribution in [0.25, 0.3) is 0 Å². The van der Waals surface area contributed by atoms with Gasteiger partial charge in [0.15, 0.2) is 0 Å².